The Bertz CT molecular complexity index is 732. The molecular weight excluding hydrogens is 306 g/mol. The SMILES string of the molecule is Cc1cc(C)n(-c2ccc(C(=O)N[C@H](CC(C)C)C(=O)O)cc2)n1. The highest BCUT2D eigenvalue weighted by Gasteiger charge is 2.21. The first kappa shape index (κ1) is 17.7. The third kappa shape index (κ3) is 4.22. The number of nitrogens with zero attached hydrogens (tertiary/aromatic N) is 2. The number of nitrogens with one attached hydrogen (secondary N) is 1. The van der Waals surface area contributed by atoms with Crippen molar-refractivity contribution in [1.82, 2.24) is 15.1 Å². The summed E-state index contributed by atoms with van der Waals surface area (Å²) in [6, 6.07) is 8.04. The van der Waals surface area contributed by atoms with Crippen LogP contribution in [-0.4, -0.2) is 32.8 Å². The predicted molar refractivity (Wildman–Crippen MR) is 91.4 cm³/mol. The molecule has 0 fully saturated rings. The fourth-order valence-corrected chi connectivity index (χ4v) is 2.58. The van der Waals surface area contributed by atoms with Gasteiger partial charge >= 0.3 is 5.97 Å². The summed E-state index contributed by atoms with van der Waals surface area (Å²) in [7, 11) is 0. The average molecular weight is 329 g/mol. The molecule has 24 heavy (non-hydrogen) atoms. The first-order valence-electron chi connectivity index (χ1n) is 7.95. The van der Waals surface area contributed by atoms with E-state index in [2.05, 4.69) is 10.4 Å². The molecule has 2 aromatic rings. The second-order valence-corrected chi connectivity index (χ2v) is 6.38. The van der Waals surface area contributed by atoms with Gasteiger partial charge in [-0.1, -0.05) is 13.8 Å². The number of carbonyl (C=O) groups is 2. The smallest absolute Gasteiger partial charge is 0.326 e. The average Bonchev–Trinajstić information content (AvgIpc) is 2.84. The molecule has 0 spiro atoms. The van der Waals surface area contributed by atoms with Crippen molar-refractivity contribution in [2.24, 2.45) is 5.92 Å². The second-order valence-electron chi connectivity index (χ2n) is 6.38. The van der Waals surface area contributed by atoms with Gasteiger partial charge in [0.1, 0.15) is 6.04 Å². The number of aromatic nitrogens is 2. The van der Waals surface area contributed by atoms with Crippen molar-refractivity contribution in [2.45, 2.75) is 40.2 Å². The molecule has 0 saturated carbocycles. The monoisotopic (exact) mass is 329 g/mol. The number of hydrogen-bond donors (Lipinski definition) is 2. The summed E-state index contributed by atoms with van der Waals surface area (Å²) in [5.41, 5.74) is 3.21. The van der Waals surface area contributed by atoms with Crippen LogP contribution < -0.4 is 5.32 Å². The van der Waals surface area contributed by atoms with Crippen LogP contribution in [0.3, 0.4) is 0 Å². The third-order valence-corrected chi connectivity index (χ3v) is 3.69. The van der Waals surface area contributed by atoms with Crippen molar-refractivity contribution < 1.29 is 14.7 Å². The number of aryl methyl sites for hydroxylation is 2. The molecule has 0 saturated heterocycles. The van der Waals surface area contributed by atoms with E-state index in [-0.39, 0.29) is 11.8 Å². The molecule has 2 N–H and O–H groups in total. The molecule has 1 atom stereocenters. The molecule has 1 heterocycles. The van der Waals surface area contributed by atoms with Gasteiger partial charge in [-0.2, -0.15) is 5.10 Å². The van der Waals surface area contributed by atoms with Crippen LogP contribution in [0.1, 0.15) is 42.0 Å². The topological polar surface area (TPSA) is 84.2 Å². The zero-order valence-corrected chi connectivity index (χ0v) is 14.4. The molecule has 0 aliphatic carbocycles. The van der Waals surface area contributed by atoms with Crippen LogP contribution in [0.5, 0.6) is 0 Å². The van der Waals surface area contributed by atoms with Crippen molar-refractivity contribution in [3.8, 4) is 5.69 Å². The predicted octanol–water partition coefficient (Wildman–Crippen LogP) is 2.72. The van der Waals surface area contributed by atoms with E-state index in [1.54, 1.807) is 28.9 Å². The van der Waals surface area contributed by atoms with Gasteiger partial charge in [-0.3, -0.25) is 4.79 Å². The summed E-state index contributed by atoms with van der Waals surface area (Å²) in [5, 5.41) is 16.2. The van der Waals surface area contributed by atoms with Crippen LogP contribution in [-0.2, 0) is 4.79 Å². The number of carbonyl (C=O) groups excluding carboxylic acids is 1. The Morgan fingerprint density at radius 1 is 1.21 bits per heavy atom. The lowest BCUT2D eigenvalue weighted by Gasteiger charge is -2.16. The third-order valence-electron chi connectivity index (χ3n) is 3.69. The molecule has 0 aliphatic heterocycles. The van der Waals surface area contributed by atoms with Crippen molar-refractivity contribution in [1.29, 1.82) is 0 Å². The molecule has 1 aromatic heterocycles. The Kier molecular flexibility index (Phi) is 5.39. The van der Waals surface area contributed by atoms with Crippen molar-refractivity contribution >= 4 is 11.9 Å². The minimum Gasteiger partial charge on any atom is -0.480 e. The largest absolute Gasteiger partial charge is 0.480 e. The second kappa shape index (κ2) is 7.29. The lowest BCUT2D eigenvalue weighted by Crippen LogP contribution is -2.41. The summed E-state index contributed by atoms with van der Waals surface area (Å²) in [4.78, 5) is 23.5. The lowest BCUT2D eigenvalue weighted by molar-refractivity contribution is -0.139. The van der Waals surface area contributed by atoms with E-state index < -0.39 is 12.0 Å². The number of carboxylic acids is 1. The van der Waals surface area contributed by atoms with E-state index in [9.17, 15) is 14.7 Å². The maximum atomic E-state index is 12.3. The molecule has 2 rings (SSSR count). The van der Waals surface area contributed by atoms with Crippen LogP contribution in [0.2, 0.25) is 0 Å². The highest BCUT2D eigenvalue weighted by atomic mass is 16.4. The highest BCUT2D eigenvalue weighted by Crippen LogP contribution is 2.14. The molecule has 1 amide bonds. The van der Waals surface area contributed by atoms with Gasteiger partial charge in [0.15, 0.2) is 0 Å². The first-order valence-corrected chi connectivity index (χ1v) is 7.95. The molecule has 0 unspecified atom stereocenters. The van der Waals surface area contributed by atoms with Crippen LogP contribution in [0.4, 0.5) is 0 Å². The zero-order chi connectivity index (χ0) is 17.9. The summed E-state index contributed by atoms with van der Waals surface area (Å²) in [5.74, 6) is -1.22. The molecule has 0 radical (unpaired) electrons. The van der Waals surface area contributed by atoms with Gasteiger partial charge < -0.3 is 10.4 Å². The minimum atomic E-state index is -1.02. The standard InChI is InChI=1S/C18H23N3O3/c1-11(2)9-16(18(23)24)19-17(22)14-5-7-15(8-6-14)21-13(4)10-12(3)20-21/h5-8,10-11,16H,9H2,1-4H3,(H,19,22)(H,23,24)/t16-/m1/s1. The van der Waals surface area contributed by atoms with Gasteiger partial charge in [0.2, 0.25) is 0 Å². The number of hydrogen-bond acceptors (Lipinski definition) is 3. The fourth-order valence-electron chi connectivity index (χ4n) is 2.58. The number of amides is 1. The molecule has 128 valence electrons. The Morgan fingerprint density at radius 2 is 1.83 bits per heavy atom. The van der Waals surface area contributed by atoms with Crippen LogP contribution in [0.15, 0.2) is 30.3 Å². The Labute approximate surface area is 141 Å². The summed E-state index contributed by atoms with van der Waals surface area (Å²) in [6.45, 7) is 7.73. The maximum absolute atomic E-state index is 12.3. The van der Waals surface area contributed by atoms with E-state index >= 15 is 0 Å². The van der Waals surface area contributed by atoms with Gasteiger partial charge in [-0.15, -0.1) is 0 Å². The lowest BCUT2D eigenvalue weighted by atomic mass is 10.0. The maximum Gasteiger partial charge on any atom is 0.326 e. The van der Waals surface area contributed by atoms with Crippen molar-refractivity contribution in [3.05, 3.63) is 47.3 Å². The van der Waals surface area contributed by atoms with Gasteiger partial charge in [0.05, 0.1) is 11.4 Å². The molecule has 1 aromatic carbocycles. The van der Waals surface area contributed by atoms with Crippen LogP contribution >= 0.6 is 0 Å². The van der Waals surface area contributed by atoms with Crippen LogP contribution in [0, 0.1) is 19.8 Å². The number of benzene rings is 1. The fraction of sp³-hybridized carbons (Fsp3) is 0.389. The number of carboxylic acid groups (broad SMARTS) is 1. The molecule has 6 nitrogen and oxygen atoms in total. The Hall–Kier alpha value is -2.63. The van der Waals surface area contributed by atoms with Crippen molar-refractivity contribution in [2.75, 3.05) is 0 Å². The molecule has 0 aliphatic rings. The van der Waals surface area contributed by atoms with Gasteiger partial charge in [0, 0.05) is 11.3 Å². The van der Waals surface area contributed by atoms with E-state index in [1.165, 1.54) is 0 Å². The molecule has 0 bridgehead atoms. The summed E-state index contributed by atoms with van der Waals surface area (Å²) < 4.78 is 1.80. The molecule has 6 heteroatoms. The number of rotatable bonds is 6. The van der Waals surface area contributed by atoms with E-state index in [0.29, 0.717) is 12.0 Å². The van der Waals surface area contributed by atoms with Gasteiger partial charge in [0.25, 0.3) is 5.91 Å². The first-order chi connectivity index (χ1) is 11.3. The van der Waals surface area contributed by atoms with E-state index in [4.69, 9.17) is 0 Å². The van der Waals surface area contributed by atoms with E-state index in [1.807, 2.05) is 33.8 Å². The normalized spacial score (nSPS) is 12.2. The van der Waals surface area contributed by atoms with Crippen LogP contribution in [0.25, 0.3) is 5.69 Å². The summed E-state index contributed by atoms with van der Waals surface area (Å²) >= 11 is 0. The van der Waals surface area contributed by atoms with Crippen molar-refractivity contribution in [3.63, 3.8) is 0 Å². The highest BCUT2D eigenvalue weighted by molar-refractivity contribution is 5.96. The zero-order valence-electron chi connectivity index (χ0n) is 14.4. The Balaban J connectivity index is 2.13. The minimum absolute atomic E-state index is 0.180. The Morgan fingerprint density at radius 3 is 2.29 bits per heavy atom. The summed E-state index contributed by atoms with van der Waals surface area (Å²) in [6.07, 6.45) is 0.394. The van der Waals surface area contributed by atoms with Gasteiger partial charge in [-0.05, 0) is 56.5 Å². The van der Waals surface area contributed by atoms with Gasteiger partial charge in [-0.25, -0.2) is 9.48 Å². The molecular formula is C18H23N3O3. The quantitative estimate of drug-likeness (QED) is 0.853. The number of aliphatic carboxylic acids is 1. The van der Waals surface area contributed by atoms with E-state index in [0.717, 1.165) is 17.1 Å².